The van der Waals surface area contributed by atoms with Crippen molar-refractivity contribution in [2.75, 3.05) is 5.75 Å². The summed E-state index contributed by atoms with van der Waals surface area (Å²) in [6.45, 7) is 2.22. The Bertz CT molecular complexity index is 722. The fraction of sp³-hybridized carbons (Fsp3) is 0.500. The van der Waals surface area contributed by atoms with Gasteiger partial charge in [-0.15, -0.1) is 11.8 Å². The van der Waals surface area contributed by atoms with Crippen LogP contribution in [-0.2, 0) is 10.5 Å². The highest BCUT2D eigenvalue weighted by molar-refractivity contribution is 7.99. The lowest BCUT2D eigenvalue weighted by molar-refractivity contribution is -0.119. The molecule has 0 spiro atoms. The first kappa shape index (κ1) is 18.3. The monoisotopic (exact) mass is 379 g/mol. The van der Waals surface area contributed by atoms with E-state index in [0.717, 1.165) is 12.0 Å². The quantitative estimate of drug-likeness (QED) is 0.809. The van der Waals surface area contributed by atoms with Crippen molar-refractivity contribution in [3.8, 4) is 11.4 Å². The van der Waals surface area contributed by atoms with Crippen molar-refractivity contribution < 1.29 is 9.32 Å². The van der Waals surface area contributed by atoms with Gasteiger partial charge in [-0.1, -0.05) is 48.7 Å². The highest BCUT2D eigenvalue weighted by atomic mass is 35.5. The van der Waals surface area contributed by atoms with Crippen LogP contribution in [0.25, 0.3) is 11.4 Å². The molecule has 25 heavy (non-hydrogen) atoms. The van der Waals surface area contributed by atoms with E-state index in [1.165, 1.54) is 31.0 Å². The second kappa shape index (κ2) is 8.72. The molecule has 2 aromatic rings. The van der Waals surface area contributed by atoms with Crippen LogP contribution in [0.15, 0.2) is 28.8 Å². The molecule has 3 rings (SSSR count). The summed E-state index contributed by atoms with van der Waals surface area (Å²) in [5, 5.41) is 7.75. The molecule has 1 aromatic carbocycles. The van der Waals surface area contributed by atoms with Crippen molar-refractivity contribution in [3.63, 3.8) is 0 Å². The summed E-state index contributed by atoms with van der Waals surface area (Å²) in [5.41, 5.74) is 0.816. The highest BCUT2D eigenvalue weighted by Crippen LogP contribution is 2.24. The fourth-order valence-corrected chi connectivity index (χ4v) is 3.92. The Morgan fingerprint density at radius 3 is 3.04 bits per heavy atom. The molecule has 1 amide bonds. The summed E-state index contributed by atoms with van der Waals surface area (Å²) in [7, 11) is 0. The maximum Gasteiger partial charge on any atom is 0.236 e. The van der Waals surface area contributed by atoms with Crippen LogP contribution in [0.4, 0.5) is 0 Å². The van der Waals surface area contributed by atoms with E-state index in [-0.39, 0.29) is 5.91 Å². The standard InChI is InChI=1S/C18H22ClN3O2S/c1-12-5-2-3-8-15(12)20-16(23)10-25-11-17-21-18(22-24-17)13-6-4-7-14(19)9-13/h4,6-7,9,12,15H,2-3,5,8,10-11H2,1H3,(H,20,23)/t12-,15+/m1/s1. The summed E-state index contributed by atoms with van der Waals surface area (Å²) in [6, 6.07) is 7.64. The Morgan fingerprint density at radius 2 is 2.24 bits per heavy atom. The predicted molar refractivity (Wildman–Crippen MR) is 100 cm³/mol. The normalized spacial score (nSPS) is 20.4. The van der Waals surface area contributed by atoms with Gasteiger partial charge >= 0.3 is 0 Å². The van der Waals surface area contributed by atoms with Gasteiger partial charge in [-0.3, -0.25) is 4.79 Å². The number of nitrogens with zero attached hydrogens (tertiary/aromatic N) is 2. The second-order valence-corrected chi connectivity index (χ2v) is 7.87. The van der Waals surface area contributed by atoms with E-state index < -0.39 is 0 Å². The number of halogens is 1. The number of hydrogen-bond acceptors (Lipinski definition) is 5. The summed E-state index contributed by atoms with van der Waals surface area (Å²) < 4.78 is 5.25. The molecule has 0 unspecified atom stereocenters. The molecule has 1 heterocycles. The van der Waals surface area contributed by atoms with Crippen LogP contribution in [0.3, 0.4) is 0 Å². The van der Waals surface area contributed by atoms with E-state index in [2.05, 4.69) is 22.4 Å². The Balaban J connectivity index is 1.45. The summed E-state index contributed by atoms with van der Waals surface area (Å²) >= 11 is 7.46. The molecule has 1 aliphatic carbocycles. The van der Waals surface area contributed by atoms with Gasteiger partial charge in [0.2, 0.25) is 17.6 Å². The Kier molecular flexibility index (Phi) is 6.37. The van der Waals surface area contributed by atoms with Crippen LogP contribution in [0.2, 0.25) is 5.02 Å². The first-order valence-corrected chi connectivity index (χ1v) is 10.1. The van der Waals surface area contributed by atoms with Crippen LogP contribution in [-0.4, -0.2) is 27.8 Å². The topological polar surface area (TPSA) is 68.0 Å². The lowest BCUT2D eigenvalue weighted by atomic mass is 9.86. The van der Waals surface area contributed by atoms with E-state index in [9.17, 15) is 4.79 Å². The van der Waals surface area contributed by atoms with E-state index in [1.54, 1.807) is 12.1 Å². The van der Waals surface area contributed by atoms with Crippen LogP contribution in [0.5, 0.6) is 0 Å². The molecule has 1 aliphatic rings. The lowest BCUT2D eigenvalue weighted by Gasteiger charge is -2.29. The minimum Gasteiger partial charge on any atom is -0.352 e. The second-order valence-electron chi connectivity index (χ2n) is 6.45. The lowest BCUT2D eigenvalue weighted by Crippen LogP contribution is -2.41. The first-order chi connectivity index (χ1) is 12.1. The zero-order valence-electron chi connectivity index (χ0n) is 14.2. The van der Waals surface area contributed by atoms with Gasteiger partial charge in [0.1, 0.15) is 0 Å². The van der Waals surface area contributed by atoms with E-state index >= 15 is 0 Å². The number of nitrogens with one attached hydrogen (secondary N) is 1. The Hall–Kier alpha value is -1.53. The summed E-state index contributed by atoms with van der Waals surface area (Å²) in [5.74, 6) is 2.59. The van der Waals surface area contributed by atoms with Gasteiger partial charge in [0.15, 0.2) is 0 Å². The smallest absolute Gasteiger partial charge is 0.236 e. The SMILES string of the molecule is C[C@@H]1CCCC[C@@H]1NC(=O)CSCc1nc(-c2cccc(Cl)c2)no1. The fourth-order valence-electron chi connectivity index (χ4n) is 3.07. The van der Waals surface area contributed by atoms with Crippen molar-refractivity contribution in [2.45, 2.75) is 44.4 Å². The average molecular weight is 380 g/mol. The number of rotatable bonds is 6. The van der Waals surface area contributed by atoms with Gasteiger partial charge in [-0.25, -0.2) is 0 Å². The van der Waals surface area contributed by atoms with Crippen molar-refractivity contribution in [1.82, 2.24) is 15.5 Å². The summed E-state index contributed by atoms with van der Waals surface area (Å²) in [4.78, 5) is 16.5. The molecule has 5 nitrogen and oxygen atoms in total. The molecule has 0 aliphatic heterocycles. The number of hydrogen-bond donors (Lipinski definition) is 1. The number of aromatic nitrogens is 2. The molecule has 134 valence electrons. The highest BCUT2D eigenvalue weighted by Gasteiger charge is 2.22. The molecule has 1 aromatic heterocycles. The summed E-state index contributed by atoms with van der Waals surface area (Å²) in [6.07, 6.45) is 4.77. The zero-order valence-corrected chi connectivity index (χ0v) is 15.8. The van der Waals surface area contributed by atoms with Crippen LogP contribution in [0, 0.1) is 5.92 Å². The molecule has 1 fully saturated rings. The zero-order chi connectivity index (χ0) is 17.6. The average Bonchev–Trinajstić information content (AvgIpc) is 3.06. The van der Waals surface area contributed by atoms with Crippen molar-refractivity contribution in [3.05, 3.63) is 35.2 Å². The molecule has 7 heteroatoms. The van der Waals surface area contributed by atoms with Crippen LogP contribution >= 0.6 is 23.4 Å². The molecule has 0 radical (unpaired) electrons. The van der Waals surface area contributed by atoms with Gasteiger partial charge in [0.05, 0.1) is 11.5 Å². The molecule has 0 bridgehead atoms. The molecule has 2 atom stereocenters. The molecule has 1 saturated carbocycles. The number of carbonyl (C=O) groups excluding carboxylic acids is 1. The largest absolute Gasteiger partial charge is 0.352 e. The third-order valence-corrected chi connectivity index (χ3v) is 5.62. The van der Waals surface area contributed by atoms with E-state index in [1.807, 2.05) is 12.1 Å². The van der Waals surface area contributed by atoms with Gasteiger partial charge in [-0.2, -0.15) is 4.98 Å². The molecule has 1 N–H and O–H groups in total. The number of thioether (sulfide) groups is 1. The maximum absolute atomic E-state index is 12.1. The van der Waals surface area contributed by atoms with E-state index in [4.69, 9.17) is 16.1 Å². The van der Waals surface area contributed by atoms with Crippen molar-refractivity contribution >= 4 is 29.3 Å². The van der Waals surface area contributed by atoms with Gasteiger partial charge < -0.3 is 9.84 Å². The van der Waals surface area contributed by atoms with Gasteiger partial charge in [0, 0.05) is 16.6 Å². The van der Waals surface area contributed by atoms with Gasteiger partial charge in [-0.05, 0) is 30.9 Å². The van der Waals surface area contributed by atoms with E-state index in [0.29, 0.717) is 40.2 Å². The Labute approximate surface area is 156 Å². The first-order valence-electron chi connectivity index (χ1n) is 8.57. The third-order valence-electron chi connectivity index (χ3n) is 4.47. The molecule has 0 saturated heterocycles. The van der Waals surface area contributed by atoms with Crippen LogP contribution < -0.4 is 5.32 Å². The minimum absolute atomic E-state index is 0.0818. The Morgan fingerprint density at radius 1 is 1.40 bits per heavy atom. The number of benzene rings is 1. The van der Waals surface area contributed by atoms with Gasteiger partial charge in [0.25, 0.3) is 0 Å². The van der Waals surface area contributed by atoms with Crippen molar-refractivity contribution in [1.29, 1.82) is 0 Å². The minimum atomic E-state index is 0.0818. The number of carbonyl (C=O) groups is 1. The predicted octanol–water partition coefficient (Wildman–Crippen LogP) is 4.32. The van der Waals surface area contributed by atoms with Crippen LogP contribution in [0.1, 0.15) is 38.5 Å². The third kappa shape index (κ3) is 5.22. The number of amides is 1. The molecular weight excluding hydrogens is 358 g/mol. The van der Waals surface area contributed by atoms with Crippen molar-refractivity contribution in [2.24, 2.45) is 5.92 Å². The molecular formula is C18H22ClN3O2S. The maximum atomic E-state index is 12.1.